The molecule has 0 saturated carbocycles. The summed E-state index contributed by atoms with van der Waals surface area (Å²) in [5.41, 5.74) is 0. The monoisotopic (exact) mass is 118 g/mol. The third-order valence-electron chi connectivity index (χ3n) is 0.167. The van der Waals surface area contributed by atoms with Crippen LogP contribution in [-0.4, -0.2) is 0 Å². The molecule has 0 amide bonds. The van der Waals surface area contributed by atoms with Crippen LogP contribution in [0.25, 0.3) is 0 Å². The van der Waals surface area contributed by atoms with Crippen LogP contribution in [-0.2, 0) is 19.5 Å². The number of hydrogen-bond acceptors (Lipinski definition) is 0. The molecule has 0 fully saturated rings. The van der Waals surface area contributed by atoms with Crippen LogP contribution in [0.15, 0.2) is 12.2 Å². The summed E-state index contributed by atoms with van der Waals surface area (Å²) in [6.07, 6.45) is 3.28. The third-order valence-corrected chi connectivity index (χ3v) is 0.167. The molecule has 0 rings (SSSR count). The number of hydrogen-bond donors (Lipinski definition) is 0. The first kappa shape index (κ1) is 8.92. The van der Waals surface area contributed by atoms with E-state index < -0.39 is 0 Å². The molecular formula is C4H6Zn. The first-order valence-corrected chi connectivity index (χ1v) is 1.15. The number of allylic oxidation sites excluding steroid dienone is 2. The normalized spacial score (nSPS) is 7.20. The molecule has 24 valence electrons. The Bertz CT molecular complexity index is 18.8. The van der Waals surface area contributed by atoms with Crippen LogP contribution in [0.5, 0.6) is 0 Å². The van der Waals surface area contributed by atoms with E-state index in [1.807, 2.05) is 0 Å². The molecule has 0 unspecified atom stereocenters. The predicted molar refractivity (Wildman–Crippen MR) is 19.9 cm³/mol. The number of rotatable bonds is 0. The Kier molecular flexibility index (Phi) is 15.9. The molecule has 0 saturated heterocycles. The Hall–Kier alpha value is 0.103. The van der Waals surface area contributed by atoms with Gasteiger partial charge in [0.1, 0.15) is 0 Å². The summed E-state index contributed by atoms with van der Waals surface area (Å²) < 4.78 is 0. The SMILES string of the molecule is [CH2-]C=C[CH2-].[Zn+2]. The molecule has 0 aliphatic rings. The van der Waals surface area contributed by atoms with Gasteiger partial charge in [-0.1, -0.05) is 0 Å². The smallest absolute Gasteiger partial charge is 0.382 e. The summed E-state index contributed by atoms with van der Waals surface area (Å²) in [5, 5.41) is 0. The van der Waals surface area contributed by atoms with Crippen molar-refractivity contribution in [1.82, 2.24) is 0 Å². The molecule has 0 atom stereocenters. The second-order valence-corrected chi connectivity index (χ2v) is 0.471. The van der Waals surface area contributed by atoms with Crippen molar-refractivity contribution < 1.29 is 19.5 Å². The minimum Gasteiger partial charge on any atom is -0.382 e. The van der Waals surface area contributed by atoms with Gasteiger partial charge in [0, 0.05) is 0 Å². The first-order valence-electron chi connectivity index (χ1n) is 1.15. The van der Waals surface area contributed by atoms with Gasteiger partial charge in [-0.3, -0.25) is 0 Å². The van der Waals surface area contributed by atoms with E-state index in [1.54, 1.807) is 12.2 Å². The topological polar surface area (TPSA) is 0 Å². The second kappa shape index (κ2) is 8.93. The van der Waals surface area contributed by atoms with E-state index in [9.17, 15) is 0 Å². The zero-order chi connectivity index (χ0) is 3.41. The van der Waals surface area contributed by atoms with E-state index in [2.05, 4.69) is 13.8 Å². The maximum atomic E-state index is 3.36. The van der Waals surface area contributed by atoms with Crippen molar-refractivity contribution in [2.75, 3.05) is 0 Å². The van der Waals surface area contributed by atoms with E-state index in [-0.39, 0.29) is 19.5 Å². The van der Waals surface area contributed by atoms with Crippen molar-refractivity contribution >= 4 is 0 Å². The summed E-state index contributed by atoms with van der Waals surface area (Å²) in [4.78, 5) is 0. The minimum absolute atomic E-state index is 0. The molecule has 0 spiro atoms. The molecule has 0 aliphatic carbocycles. The van der Waals surface area contributed by atoms with Crippen LogP contribution in [0, 0.1) is 13.8 Å². The maximum absolute atomic E-state index is 3.36. The molecule has 0 aromatic rings. The average molecular weight is 119 g/mol. The van der Waals surface area contributed by atoms with E-state index in [0.29, 0.717) is 0 Å². The molecule has 0 nitrogen and oxygen atoms in total. The van der Waals surface area contributed by atoms with Gasteiger partial charge in [0.2, 0.25) is 0 Å². The van der Waals surface area contributed by atoms with Gasteiger partial charge in [-0.25, -0.2) is 0 Å². The van der Waals surface area contributed by atoms with Crippen molar-refractivity contribution in [3.63, 3.8) is 0 Å². The van der Waals surface area contributed by atoms with E-state index in [1.165, 1.54) is 0 Å². The van der Waals surface area contributed by atoms with Gasteiger partial charge in [0.05, 0.1) is 0 Å². The summed E-state index contributed by atoms with van der Waals surface area (Å²) in [6, 6.07) is 0. The molecule has 0 heterocycles. The van der Waals surface area contributed by atoms with Gasteiger partial charge in [-0.2, -0.15) is 0 Å². The Morgan fingerprint density at radius 2 is 1.20 bits per heavy atom. The van der Waals surface area contributed by atoms with E-state index >= 15 is 0 Å². The molecule has 5 heavy (non-hydrogen) atoms. The van der Waals surface area contributed by atoms with Gasteiger partial charge in [-0.05, 0) is 0 Å². The quantitative estimate of drug-likeness (QED) is 0.332. The molecule has 0 N–H and O–H groups in total. The maximum Gasteiger partial charge on any atom is 2.00 e. The summed E-state index contributed by atoms with van der Waals surface area (Å²) in [5.74, 6) is 0. The zero-order valence-electron chi connectivity index (χ0n) is 3.28. The molecule has 0 aliphatic heterocycles. The largest absolute Gasteiger partial charge is 2.00 e. The molecule has 1 heteroatoms. The Morgan fingerprint density at radius 1 is 1.00 bits per heavy atom. The molecule has 0 aromatic carbocycles. The van der Waals surface area contributed by atoms with E-state index in [0.717, 1.165) is 0 Å². The van der Waals surface area contributed by atoms with Gasteiger partial charge < -0.3 is 26.0 Å². The standard InChI is InChI=1S/C4H6.Zn/c1-3-4-2;/h3-4H,1-2H2;/q-2;+2. The molecule has 0 radical (unpaired) electrons. The predicted octanol–water partition coefficient (Wildman–Crippen LogP) is 1.21. The van der Waals surface area contributed by atoms with Gasteiger partial charge >= 0.3 is 19.5 Å². The van der Waals surface area contributed by atoms with Crippen LogP contribution < -0.4 is 0 Å². The van der Waals surface area contributed by atoms with Crippen LogP contribution >= 0.6 is 0 Å². The molecular weight excluding hydrogens is 113 g/mol. The van der Waals surface area contributed by atoms with Crippen molar-refractivity contribution in [3.8, 4) is 0 Å². The first-order chi connectivity index (χ1) is 1.91. The third kappa shape index (κ3) is 14.9. The summed E-state index contributed by atoms with van der Waals surface area (Å²) in [7, 11) is 0. The van der Waals surface area contributed by atoms with Crippen molar-refractivity contribution in [1.29, 1.82) is 0 Å². The summed E-state index contributed by atoms with van der Waals surface area (Å²) in [6.45, 7) is 6.72. The van der Waals surface area contributed by atoms with Gasteiger partial charge in [0.15, 0.2) is 0 Å². The van der Waals surface area contributed by atoms with Crippen molar-refractivity contribution in [3.05, 3.63) is 26.0 Å². The minimum atomic E-state index is 0. The summed E-state index contributed by atoms with van der Waals surface area (Å²) >= 11 is 0. The Balaban J connectivity index is 0. The van der Waals surface area contributed by atoms with Gasteiger partial charge in [-0.15, -0.1) is 0 Å². The van der Waals surface area contributed by atoms with Crippen LogP contribution in [0.2, 0.25) is 0 Å². The fourth-order valence-electron chi connectivity index (χ4n) is 0. The van der Waals surface area contributed by atoms with E-state index in [4.69, 9.17) is 0 Å². The van der Waals surface area contributed by atoms with Crippen LogP contribution in [0.4, 0.5) is 0 Å². The molecule has 0 bridgehead atoms. The van der Waals surface area contributed by atoms with Crippen molar-refractivity contribution in [2.24, 2.45) is 0 Å². The van der Waals surface area contributed by atoms with Crippen molar-refractivity contribution in [2.45, 2.75) is 0 Å². The fourth-order valence-corrected chi connectivity index (χ4v) is 0. The van der Waals surface area contributed by atoms with Crippen LogP contribution in [0.3, 0.4) is 0 Å². The Morgan fingerprint density at radius 3 is 1.20 bits per heavy atom. The Labute approximate surface area is 46.0 Å². The zero-order valence-corrected chi connectivity index (χ0v) is 6.24. The van der Waals surface area contributed by atoms with Gasteiger partial charge in [0.25, 0.3) is 0 Å². The van der Waals surface area contributed by atoms with Crippen LogP contribution in [0.1, 0.15) is 0 Å². The average Bonchev–Trinajstić information content (AvgIpc) is 1.37. The second-order valence-electron chi connectivity index (χ2n) is 0.471. The fraction of sp³-hybridized carbons (Fsp3) is 0. The molecule has 0 aromatic heterocycles.